The van der Waals surface area contributed by atoms with Crippen LogP contribution in [0.4, 0.5) is 0 Å². The van der Waals surface area contributed by atoms with Gasteiger partial charge in [-0.2, -0.15) is 5.10 Å². The van der Waals surface area contributed by atoms with Crippen molar-refractivity contribution in [2.45, 2.75) is 6.92 Å². The third kappa shape index (κ3) is 2.57. The van der Waals surface area contributed by atoms with Crippen molar-refractivity contribution in [3.8, 4) is 0 Å². The first-order valence-corrected chi connectivity index (χ1v) is 3.60. The highest BCUT2D eigenvalue weighted by Crippen LogP contribution is 1.94. The van der Waals surface area contributed by atoms with E-state index in [1.54, 1.807) is 6.21 Å². The summed E-state index contributed by atoms with van der Waals surface area (Å²) in [5.74, 6) is -0.165. The van der Waals surface area contributed by atoms with Gasteiger partial charge in [-0.1, -0.05) is 0 Å². The first kappa shape index (κ1) is 8.52. The lowest BCUT2D eigenvalue weighted by Gasteiger charge is -1.88. The monoisotopic (exact) mass is 165 g/mol. The number of aryl methyl sites for hydroxylation is 1. The molecule has 0 fully saturated rings. The number of hydrazone groups is 1. The number of carbonyl (C=O) groups is 1. The third-order valence-corrected chi connectivity index (χ3v) is 1.29. The maximum absolute atomic E-state index is 10.4. The van der Waals surface area contributed by atoms with Crippen LogP contribution >= 0.6 is 0 Å². The minimum absolute atomic E-state index is 0.165. The highest BCUT2D eigenvalue weighted by molar-refractivity contribution is 5.81. The van der Waals surface area contributed by atoms with E-state index in [9.17, 15) is 4.79 Å². The van der Waals surface area contributed by atoms with Crippen LogP contribution in [-0.4, -0.2) is 16.7 Å². The van der Waals surface area contributed by atoms with E-state index in [1.165, 1.54) is 6.92 Å². The summed E-state index contributed by atoms with van der Waals surface area (Å²) in [7, 11) is 1.93. The minimum atomic E-state index is -0.165. The summed E-state index contributed by atoms with van der Waals surface area (Å²) in [5.41, 5.74) is 3.29. The summed E-state index contributed by atoms with van der Waals surface area (Å²) in [6, 6.07) is 1.91. The van der Waals surface area contributed by atoms with Crippen LogP contribution in [0.3, 0.4) is 0 Å². The van der Waals surface area contributed by atoms with Gasteiger partial charge in [0.25, 0.3) is 0 Å². The van der Waals surface area contributed by atoms with Crippen LogP contribution < -0.4 is 5.43 Å². The molecule has 1 heterocycles. The largest absolute Gasteiger partial charge is 0.357 e. The first-order chi connectivity index (χ1) is 5.68. The van der Waals surface area contributed by atoms with Gasteiger partial charge in [0.2, 0.25) is 5.91 Å². The molecule has 0 saturated heterocycles. The molecule has 0 bridgehead atoms. The molecule has 0 aliphatic rings. The Morgan fingerprint density at radius 2 is 2.50 bits per heavy atom. The van der Waals surface area contributed by atoms with E-state index in [-0.39, 0.29) is 5.91 Å². The van der Waals surface area contributed by atoms with Crippen molar-refractivity contribution in [3.05, 3.63) is 24.0 Å². The molecule has 0 atom stereocenters. The topological polar surface area (TPSA) is 46.4 Å². The molecule has 1 aromatic heterocycles. The van der Waals surface area contributed by atoms with E-state index >= 15 is 0 Å². The normalized spacial score (nSPS) is 10.5. The molecule has 12 heavy (non-hydrogen) atoms. The van der Waals surface area contributed by atoms with Crippen LogP contribution in [-0.2, 0) is 11.8 Å². The average molecular weight is 165 g/mol. The van der Waals surface area contributed by atoms with E-state index in [1.807, 2.05) is 30.1 Å². The Morgan fingerprint density at radius 3 is 3.00 bits per heavy atom. The molecule has 1 N–H and O–H groups in total. The summed E-state index contributed by atoms with van der Waals surface area (Å²) in [4.78, 5) is 10.4. The van der Waals surface area contributed by atoms with Crippen molar-refractivity contribution in [2.24, 2.45) is 12.1 Å². The van der Waals surface area contributed by atoms with Crippen LogP contribution in [0.25, 0.3) is 0 Å². The van der Waals surface area contributed by atoms with Crippen LogP contribution in [0.1, 0.15) is 12.5 Å². The number of nitrogens with one attached hydrogen (secondary N) is 1. The summed E-state index contributed by atoms with van der Waals surface area (Å²) >= 11 is 0. The molecular weight excluding hydrogens is 154 g/mol. The molecule has 1 aromatic rings. The molecule has 0 aliphatic carbocycles. The first-order valence-electron chi connectivity index (χ1n) is 3.60. The van der Waals surface area contributed by atoms with Gasteiger partial charge in [0.15, 0.2) is 0 Å². The Morgan fingerprint density at radius 1 is 1.75 bits per heavy atom. The molecule has 4 nitrogen and oxygen atoms in total. The minimum Gasteiger partial charge on any atom is -0.357 e. The zero-order valence-electron chi connectivity index (χ0n) is 7.11. The number of nitrogens with zero attached hydrogens (tertiary/aromatic N) is 2. The van der Waals surface area contributed by atoms with Crippen LogP contribution in [0.15, 0.2) is 23.6 Å². The zero-order chi connectivity index (χ0) is 8.97. The van der Waals surface area contributed by atoms with Crippen molar-refractivity contribution in [1.82, 2.24) is 9.99 Å². The van der Waals surface area contributed by atoms with Crippen molar-refractivity contribution in [2.75, 3.05) is 0 Å². The van der Waals surface area contributed by atoms with Crippen LogP contribution in [0.2, 0.25) is 0 Å². The molecule has 0 unspecified atom stereocenters. The summed E-state index contributed by atoms with van der Waals surface area (Å²) in [6.45, 7) is 1.42. The Bertz CT molecular complexity index is 301. The Balaban J connectivity index is 2.52. The second-order valence-corrected chi connectivity index (χ2v) is 2.54. The average Bonchev–Trinajstić information content (AvgIpc) is 2.35. The summed E-state index contributed by atoms with van der Waals surface area (Å²) in [5, 5.41) is 3.72. The van der Waals surface area contributed by atoms with Crippen molar-refractivity contribution < 1.29 is 4.79 Å². The molecule has 1 amide bonds. The smallest absolute Gasteiger partial charge is 0.236 e. The predicted octanol–water partition coefficient (Wildman–Crippen LogP) is 0.495. The van der Waals surface area contributed by atoms with E-state index in [4.69, 9.17) is 0 Å². The van der Waals surface area contributed by atoms with Gasteiger partial charge in [-0.15, -0.1) is 0 Å². The lowest BCUT2D eigenvalue weighted by molar-refractivity contribution is -0.118. The molecule has 0 saturated carbocycles. The SMILES string of the molecule is CC(=O)N/N=C\c1ccn(C)c1. The molecule has 0 aliphatic heterocycles. The van der Waals surface area contributed by atoms with E-state index in [2.05, 4.69) is 10.5 Å². The maximum atomic E-state index is 10.4. The third-order valence-electron chi connectivity index (χ3n) is 1.29. The Kier molecular flexibility index (Phi) is 2.63. The van der Waals surface area contributed by atoms with Crippen molar-refractivity contribution in [1.29, 1.82) is 0 Å². The maximum Gasteiger partial charge on any atom is 0.236 e. The molecule has 64 valence electrons. The highest BCUT2D eigenvalue weighted by atomic mass is 16.2. The lowest BCUT2D eigenvalue weighted by atomic mass is 10.4. The van der Waals surface area contributed by atoms with E-state index in [0.29, 0.717) is 0 Å². The summed E-state index contributed by atoms with van der Waals surface area (Å²) in [6.07, 6.45) is 5.42. The van der Waals surface area contributed by atoms with E-state index in [0.717, 1.165) is 5.56 Å². The molecule has 0 spiro atoms. The molecule has 0 aromatic carbocycles. The van der Waals surface area contributed by atoms with Crippen LogP contribution in [0, 0.1) is 0 Å². The quantitative estimate of drug-likeness (QED) is 0.503. The lowest BCUT2D eigenvalue weighted by Crippen LogP contribution is -2.12. The summed E-state index contributed by atoms with van der Waals surface area (Å²) < 4.78 is 1.91. The van der Waals surface area contributed by atoms with Gasteiger partial charge < -0.3 is 4.57 Å². The Hall–Kier alpha value is -1.58. The van der Waals surface area contributed by atoms with Crippen molar-refractivity contribution >= 4 is 12.1 Å². The molecular formula is C8H11N3O. The Labute approximate surface area is 70.9 Å². The van der Waals surface area contributed by atoms with Crippen LogP contribution in [0.5, 0.6) is 0 Å². The van der Waals surface area contributed by atoms with Gasteiger partial charge in [-0.05, 0) is 6.07 Å². The van der Waals surface area contributed by atoms with E-state index < -0.39 is 0 Å². The molecule has 4 heteroatoms. The fourth-order valence-corrected chi connectivity index (χ4v) is 0.799. The second kappa shape index (κ2) is 3.71. The number of hydrogen-bond donors (Lipinski definition) is 1. The standard InChI is InChI=1S/C8H11N3O/c1-7(12)10-9-5-8-3-4-11(2)6-8/h3-6H,1-2H3,(H,10,12)/b9-5-. The van der Waals surface area contributed by atoms with Gasteiger partial charge >= 0.3 is 0 Å². The predicted molar refractivity (Wildman–Crippen MR) is 46.8 cm³/mol. The number of hydrogen-bond acceptors (Lipinski definition) is 2. The fourth-order valence-electron chi connectivity index (χ4n) is 0.799. The number of amides is 1. The van der Waals surface area contributed by atoms with Gasteiger partial charge in [-0.25, -0.2) is 5.43 Å². The number of aromatic nitrogens is 1. The number of rotatable bonds is 2. The fraction of sp³-hybridized carbons (Fsp3) is 0.250. The van der Waals surface area contributed by atoms with Gasteiger partial charge in [-0.3, -0.25) is 4.79 Å². The zero-order valence-corrected chi connectivity index (χ0v) is 7.11. The van der Waals surface area contributed by atoms with Crippen molar-refractivity contribution in [3.63, 3.8) is 0 Å². The molecule has 0 radical (unpaired) electrons. The highest BCUT2D eigenvalue weighted by Gasteiger charge is 1.88. The second-order valence-electron chi connectivity index (χ2n) is 2.54. The van der Waals surface area contributed by atoms with Gasteiger partial charge in [0.05, 0.1) is 6.21 Å². The number of carbonyl (C=O) groups excluding carboxylic acids is 1. The molecule has 1 rings (SSSR count). The van der Waals surface area contributed by atoms with Gasteiger partial charge in [0.1, 0.15) is 0 Å². The van der Waals surface area contributed by atoms with Gasteiger partial charge in [0, 0.05) is 31.9 Å².